The van der Waals surface area contributed by atoms with Crippen LogP contribution in [0.15, 0.2) is 76.1 Å². The van der Waals surface area contributed by atoms with Gasteiger partial charge in [-0.25, -0.2) is 9.37 Å². The van der Waals surface area contributed by atoms with Gasteiger partial charge in [0.15, 0.2) is 5.58 Å². The van der Waals surface area contributed by atoms with Crippen LogP contribution in [0.25, 0.3) is 28.6 Å². The maximum absolute atomic E-state index is 13.4. The average Bonchev–Trinajstić information content (AvgIpc) is 3.10. The molecule has 0 aliphatic heterocycles. The maximum Gasteiger partial charge on any atom is 0.227 e. The third-order valence-corrected chi connectivity index (χ3v) is 4.55. The number of fused-ring (bicyclic) bond motifs is 1. The number of aliphatic imine (C=N–C) groups is 1. The zero-order chi connectivity index (χ0) is 19.5. The Morgan fingerprint density at radius 1 is 1.00 bits per heavy atom. The van der Waals surface area contributed by atoms with Crippen LogP contribution in [0.4, 0.5) is 10.1 Å². The van der Waals surface area contributed by atoms with E-state index in [4.69, 9.17) is 27.6 Å². The highest BCUT2D eigenvalue weighted by atomic mass is 35.5. The van der Waals surface area contributed by atoms with E-state index < -0.39 is 0 Å². The van der Waals surface area contributed by atoms with Gasteiger partial charge in [-0.1, -0.05) is 41.4 Å². The Kier molecular flexibility index (Phi) is 5.24. The minimum absolute atomic E-state index is 0.336. The molecule has 0 aliphatic rings. The Morgan fingerprint density at radius 2 is 1.89 bits per heavy atom. The summed E-state index contributed by atoms with van der Waals surface area (Å²) in [6.07, 6.45) is 5.30. The van der Waals surface area contributed by atoms with Crippen LogP contribution in [0.3, 0.4) is 0 Å². The Morgan fingerprint density at radius 3 is 2.71 bits per heavy atom. The predicted molar refractivity (Wildman–Crippen MR) is 113 cm³/mol. The highest BCUT2D eigenvalue weighted by Gasteiger charge is 2.09. The molecule has 0 N–H and O–H groups in total. The second-order valence-corrected chi connectivity index (χ2v) is 6.83. The molecule has 1 heterocycles. The smallest absolute Gasteiger partial charge is 0.227 e. The fourth-order valence-corrected chi connectivity index (χ4v) is 3.13. The lowest BCUT2D eigenvalue weighted by Gasteiger charge is -1.97. The Bertz CT molecular complexity index is 1210. The number of hydrogen-bond acceptors (Lipinski definition) is 3. The van der Waals surface area contributed by atoms with Crippen LogP contribution in [0.5, 0.6) is 0 Å². The summed E-state index contributed by atoms with van der Waals surface area (Å²) in [6, 6.07) is 16.9. The first-order chi connectivity index (χ1) is 13.6. The topological polar surface area (TPSA) is 38.4 Å². The molecule has 0 unspecified atom stereocenters. The van der Waals surface area contributed by atoms with E-state index in [9.17, 15) is 4.39 Å². The molecule has 1 aromatic heterocycles. The van der Waals surface area contributed by atoms with Crippen molar-refractivity contribution >= 4 is 52.3 Å². The summed E-state index contributed by atoms with van der Waals surface area (Å²) in [7, 11) is 0. The van der Waals surface area contributed by atoms with Gasteiger partial charge in [-0.05, 0) is 60.2 Å². The molecule has 0 spiro atoms. The van der Waals surface area contributed by atoms with Crippen molar-refractivity contribution < 1.29 is 8.81 Å². The van der Waals surface area contributed by atoms with Crippen LogP contribution in [0, 0.1) is 5.82 Å². The summed E-state index contributed by atoms with van der Waals surface area (Å²) in [5, 5.41) is 1.17. The van der Waals surface area contributed by atoms with Crippen molar-refractivity contribution in [2.45, 2.75) is 0 Å². The molecular weight excluding hydrogens is 398 g/mol. The third kappa shape index (κ3) is 4.14. The van der Waals surface area contributed by atoms with E-state index >= 15 is 0 Å². The first-order valence-corrected chi connectivity index (χ1v) is 9.16. The van der Waals surface area contributed by atoms with Crippen molar-refractivity contribution in [3.63, 3.8) is 0 Å². The molecule has 138 valence electrons. The van der Waals surface area contributed by atoms with Crippen LogP contribution in [-0.4, -0.2) is 11.2 Å². The number of benzene rings is 3. The molecule has 0 radical (unpaired) electrons. The zero-order valence-electron chi connectivity index (χ0n) is 14.4. The summed E-state index contributed by atoms with van der Waals surface area (Å²) in [5.41, 5.74) is 3.42. The lowest BCUT2D eigenvalue weighted by molar-refractivity contribution is 0.611. The van der Waals surface area contributed by atoms with Gasteiger partial charge < -0.3 is 4.42 Å². The minimum Gasteiger partial charge on any atom is -0.436 e. The third-order valence-electron chi connectivity index (χ3n) is 3.99. The second-order valence-electron chi connectivity index (χ2n) is 5.98. The van der Waals surface area contributed by atoms with Crippen LogP contribution in [0.1, 0.15) is 5.56 Å². The van der Waals surface area contributed by atoms with Crippen molar-refractivity contribution in [3.8, 4) is 11.5 Å². The first-order valence-electron chi connectivity index (χ1n) is 8.41. The van der Waals surface area contributed by atoms with Crippen LogP contribution < -0.4 is 0 Å². The van der Waals surface area contributed by atoms with Crippen LogP contribution in [-0.2, 0) is 0 Å². The minimum atomic E-state index is -0.336. The van der Waals surface area contributed by atoms with Crippen LogP contribution in [0.2, 0.25) is 10.0 Å². The van der Waals surface area contributed by atoms with E-state index in [1.807, 2.05) is 18.2 Å². The summed E-state index contributed by atoms with van der Waals surface area (Å²) in [6.45, 7) is 0. The molecule has 0 aliphatic carbocycles. The molecular formula is C22H13Cl2FN2O. The molecule has 0 atom stereocenters. The predicted octanol–water partition coefficient (Wildman–Crippen LogP) is 7.36. The summed E-state index contributed by atoms with van der Waals surface area (Å²) < 4.78 is 19.1. The quantitative estimate of drug-likeness (QED) is 0.329. The van der Waals surface area contributed by atoms with Gasteiger partial charge >= 0.3 is 0 Å². The SMILES string of the molecule is Fc1cccc(-c2nc3cc(N=CC=Cc4ccc(Cl)cc4Cl)ccc3o2)c1. The fourth-order valence-electron chi connectivity index (χ4n) is 2.65. The molecule has 0 amide bonds. The van der Waals surface area contributed by atoms with Gasteiger partial charge in [-0.3, -0.25) is 4.99 Å². The largest absolute Gasteiger partial charge is 0.436 e. The van der Waals surface area contributed by atoms with E-state index in [1.54, 1.807) is 48.7 Å². The highest BCUT2D eigenvalue weighted by molar-refractivity contribution is 6.35. The molecule has 3 aromatic carbocycles. The molecule has 4 rings (SSSR count). The number of nitrogens with zero attached hydrogens (tertiary/aromatic N) is 2. The van der Waals surface area contributed by atoms with Crippen molar-refractivity contribution in [3.05, 3.63) is 88.2 Å². The molecule has 0 fully saturated rings. The molecule has 3 nitrogen and oxygen atoms in total. The average molecular weight is 411 g/mol. The molecule has 28 heavy (non-hydrogen) atoms. The number of allylic oxidation sites excluding steroid dienone is 1. The Balaban J connectivity index is 1.54. The van der Waals surface area contributed by atoms with Gasteiger partial charge in [-0.15, -0.1) is 0 Å². The van der Waals surface area contributed by atoms with Crippen molar-refractivity contribution in [2.24, 2.45) is 4.99 Å². The van der Waals surface area contributed by atoms with Crippen molar-refractivity contribution in [1.82, 2.24) is 4.98 Å². The van der Waals surface area contributed by atoms with E-state index in [2.05, 4.69) is 9.98 Å². The standard InChI is InChI=1S/C22H13Cl2FN2O/c23-16-7-6-14(19(24)12-16)4-2-10-26-18-8-9-21-20(13-18)27-22(28-21)15-3-1-5-17(25)11-15/h1-13H. The van der Waals surface area contributed by atoms with E-state index in [1.165, 1.54) is 12.1 Å². The molecule has 4 aromatic rings. The number of oxazole rings is 1. The van der Waals surface area contributed by atoms with Crippen LogP contribution >= 0.6 is 23.2 Å². The fraction of sp³-hybridized carbons (Fsp3) is 0. The van der Waals surface area contributed by atoms with Crippen molar-refractivity contribution in [2.75, 3.05) is 0 Å². The van der Waals surface area contributed by atoms with Gasteiger partial charge in [-0.2, -0.15) is 0 Å². The molecule has 0 bridgehead atoms. The van der Waals surface area contributed by atoms with E-state index in [0.29, 0.717) is 32.6 Å². The van der Waals surface area contributed by atoms with E-state index in [-0.39, 0.29) is 5.82 Å². The van der Waals surface area contributed by atoms with Gasteiger partial charge in [0.05, 0.1) is 5.69 Å². The summed E-state index contributed by atoms with van der Waals surface area (Å²) in [5.74, 6) is 0.0329. The first kappa shape index (κ1) is 18.4. The number of hydrogen-bond donors (Lipinski definition) is 0. The summed E-state index contributed by atoms with van der Waals surface area (Å²) >= 11 is 12.0. The molecule has 0 saturated carbocycles. The van der Waals surface area contributed by atoms with Gasteiger partial charge in [0.25, 0.3) is 0 Å². The van der Waals surface area contributed by atoms with Gasteiger partial charge in [0, 0.05) is 21.8 Å². The highest BCUT2D eigenvalue weighted by Crippen LogP contribution is 2.27. The number of aromatic nitrogens is 1. The summed E-state index contributed by atoms with van der Waals surface area (Å²) in [4.78, 5) is 8.82. The lowest BCUT2D eigenvalue weighted by atomic mass is 10.2. The second kappa shape index (κ2) is 7.97. The zero-order valence-corrected chi connectivity index (χ0v) is 16.0. The molecule has 6 heteroatoms. The normalized spacial score (nSPS) is 11.8. The van der Waals surface area contributed by atoms with Gasteiger partial charge in [0.1, 0.15) is 11.3 Å². The lowest BCUT2D eigenvalue weighted by Crippen LogP contribution is -1.78. The Labute approximate surface area is 170 Å². The van der Waals surface area contributed by atoms with E-state index in [0.717, 1.165) is 11.3 Å². The number of rotatable bonds is 4. The maximum atomic E-state index is 13.4. The number of halogens is 3. The van der Waals surface area contributed by atoms with Crippen molar-refractivity contribution in [1.29, 1.82) is 0 Å². The molecule has 0 saturated heterocycles. The monoisotopic (exact) mass is 410 g/mol. The Hall–Kier alpha value is -2.95. The van der Waals surface area contributed by atoms with Gasteiger partial charge in [0.2, 0.25) is 5.89 Å².